The number of anilines is 1. The van der Waals surface area contributed by atoms with Gasteiger partial charge in [0.1, 0.15) is 11.3 Å². The summed E-state index contributed by atoms with van der Waals surface area (Å²) in [5, 5.41) is 15.7. The van der Waals surface area contributed by atoms with Crippen LogP contribution in [-0.4, -0.2) is 28.4 Å². The number of methoxy groups -OCH3 is 1. The van der Waals surface area contributed by atoms with Gasteiger partial charge in [-0.3, -0.25) is 5.10 Å². The quantitative estimate of drug-likeness (QED) is 0.790. The average Bonchev–Trinajstić information content (AvgIpc) is 2.70. The van der Waals surface area contributed by atoms with Crippen LogP contribution in [-0.2, 0) is 0 Å². The molecule has 1 heterocycles. The van der Waals surface area contributed by atoms with Crippen molar-refractivity contribution < 1.29 is 14.6 Å². The summed E-state index contributed by atoms with van der Waals surface area (Å²) < 4.78 is 5.02. The molecule has 0 saturated carbocycles. The van der Waals surface area contributed by atoms with Crippen LogP contribution in [0.15, 0.2) is 18.2 Å². The number of benzene rings is 1. The minimum absolute atomic E-state index is 0.0793. The Balaban J connectivity index is 2.59. The molecule has 1 aromatic carbocycles. The Bertz CT molecular complexity index is 610. The van der Waals surface area contributed by atoms with Crippen molar-refractivity contribution in [2.75, 3.05) is 12.8 Å². The molecule has 0 bridgehead atoms. The van der Waals surface area contributed by atoms with Crippen LogP contribution in [0.25, 0.3) is 11.3 Å². The van der Waals surface area contributed by atoms with E-state index in [-0.39, 0.29) is 17.1 Å². The summed E-state index contributed by atoms with van der Waals surface area (Å²) in [5.41, 5.74) is 6.17. The largest absolute Gasteiger partial charge is 0.497 e. The number of H-pyrrole nitrogens is 1. The first-order valence-corrected chi connectivity index (χ1v) is 5.33. The number of ether oxygens (including phenoxy) is 1. The molecule has 0 unspecified atom stereocenters. The van der Waals surface area contributed by atoms with Gasteiger partial charge in [0.25, 0.3) is 0 Å². The second kappa shape index (κ2) is 4.58. The lowest BCUT2D eigenvalue weighted by atomic mass is 10.1. The average molecular weight is 268 g/mol. The molecular weight excluding hydrogens is 258 g/mol. The zero-order chi connectivity index (χ0) is 13.3. The highest BCUT2D eigenvalue weighted by Gasteiger charge is 2.20. The van der Waals surface area contributed by atoms with Gasteiger partial charge in [-0.25, -0.2) is 4.79 Å². The molecule has 2 rings (SSSR count). The second-order valence-electron chi connectivity index (χ2n) is 3.51. The fourth-order valence-corrected chi connectivity index (χ4v) is 1.86. The first-order chi connectivity index (χ1) is 8.54. The van der Waals surface area contributed by atoms with Gasteiger partial charge in [0.05, 0.1) is 17.8 Å². The number of carboxylic acids is 1. The number of carboxylic acid groups (broad SMARTS) is 1. The summed E-state index contributed by atoms with van der Waals surface area (Å²) in [6.45, 7) is 0. The number of halogens is 1. The number of aromatic carboxylic acids is 1. The highest BCUT2D eigenvalue weighted by Crippen LogP contribution is 2.33. The molecule has 0 radical (unpaired) electrons. The van der Waals surface area contributed by atoms with Crippen LogP contribution in [0, 0.1) is 0 Å². The van der Waals surface area contributed by atoms with E-state index in [9.17, 15) is 4.79 Å². The number of nitrogens with zero attached hydrogens (tertiary/aromatic N) is 1. The third kappa shape index (κ3) is 1.98. The minimum atomic E-state index is -1.16. The molecule has 0 saturated heterocycles. The summed E-state index contributed by atoms with van der Waals surface area (Å²) in [7, 11) is 1.52. The predicted molar refractivity (Wildman–Crippen MR) is 67.0 cm³/mol. The Morgan fingerprint density at radius 2 is 2.28 bits per heavy atom. The predicted octanol–water partition coefficient (Wildman–Crippen LogP) is 2.02. The molecule has 4 N–H and O–H groups in total. The highest BCUT2D eigenvalue weighted by atomic mass is 35.5. The Morgan fingerprint density at radius 1 is 1.56 bits per heavy atom. The molecule has 0 atom stereocenters. The van der Waals surface area contributed by atoms with Crippen LogP contribution in [0.2, 0.25) is 5.02 Å². The number of nitrogen functional groups attached to an aromatic ring is 1. The smallest absolute Gasteiger partial charge is 0.341 e. The van der Waals surface area contributed by atoms with Crippen LogP contribution < -0.4 is 10.5 Å². The number of nitrogens with two attached hydrogens (primary N) is 1. The van der Waals surface area contributed by atoms with Crippen molar-refractivity contribution in [2.45, 2.75) is 0 Å². The maximum atomic E-state index is 11.1. The zero-order valence-corrected chi connectivity index (χ0v) is 10.2. The van der Waals surface area contributed by atoms with Gasteiger partial charge in [-0.05, 0) is 18.2 Å². The van der Waals surface area contributed by atoms with Crippen molar-refractivity contribution in [1.29, 1.82) is 0 Å². The number of carbonyl (C=O) groups is 1. The lowest BCUT2D eigenvalue weighted by Crippen LogP contribution is -2.01. The molecule has 2 aromatic rings. The van der Waals surface area contributed by atoms with E-state index in [1.807, 2.05) is 0 Å². The van der Waals surface area contributed by atoms with Gasteiger partial charge >= 0.3 is 5.97 Å². The van der Waals surface area contributed by atoms with Gasteiger partial charge in [0.2, 0.25) is 0 Å². The monoisotopic (exact) mass is 267 g/mol. The number of aromatic amines is 1. The normalized spacial score (nSPS) is 10.3. The molecule has 0 aliphatic rings. The lowest BCUT2D eigenvalue weighted by molar-refractivity contribution is 0.0699. The van der Waals surface area contributed by atoms with Crippen molar-refractivity contribution in [3.8, 4) is 17.0 Å². The van der Waals surface area contributed by atoms with E-state index in [1.54, 1.807) is 18.2 Å². The molecule has 1 aromatic heterocycles. The number of aromatic nitrogens is 2. The Hall–Kier alpha value is -2.21. The summed E-state index contributed by atoms with van der Waals surface area (Å²) in [4.78, 5) is 11.1. The fourth-order valence-electron chi connectivity index (χ4n) is 1.59. The van der Waals surface area contributed by atoms with Gasteiger partial charge in [0.15, 0.2) is 5.82 Å². The van der Waals surface area contributed by atoms with Crippen LogP contribution in [0.3, 0.4) is 0 Å². The first-order valence-electron chi connectivity index (χ1n) is 4.95. The maximum absolute atomic E-state index is 11.1. The van der Waals surface area contributed by atoms with Gasteiger partial charge in [-0.1, -0.05) is 11.6 Å². The van der Waals surface area contributed by atoms with Crippen LogP contribution in [0.1, 0.15) is 10.4 Å². The van der Waals surface area contributed by atoms with E-state index in [0.717, 1.165) is 0 Å². The zero-order valence-electron chi connectivity index (χ0n) is 9.40. The molecule has 0 fully saturated rings. The fraction of sp³-hybridized carbons (Fsp3) is 0.0909. The summed E-state index contributed by atoms with van der Waals surface area (Å²) in [6, 6.07) is 4.89. The van der Waals surface area contributed by atoms with Gasteiger partial charge in [-0.2, -0.15) is 5.10 Å². The third-order valence-electron chi connectivity index (χ3n) is 2.45. The van der Waals surface area contributed by atoms with Crippen molar-refractivity contribution in [3.63, 3.8) is 0 Å². The number of rotatable bonds is 3. The molecule has 18 heavy (non-hydrogen) atoms. The van der Waals surface area contributed by atoms with Crippen molar-refractivity contribution >= 4 is 23.4 Å². The second-order valence-corrected chi connectivity index (χ2v) is 3.92. The van der Waals surface area contributed by atoms with Crippen LogP contribution >= 0.6 is 11.6 Å². The molecule has 0 aliphatic heterocycles. The van der Waals surface area contributed by atoms with Crippen LogP contribution in [0.4, 0.5) is 5.82 Å². The molecular formula is C11H10ClN3O3. The van der Waals surface area contributed by atoms with E-state index in [0.29, 0.717) is 16.3 Å². The number of hydrogen-bond acceptors (Lipinski definition) is 4. The summed E-state index contributed by atoms with van der Waals surface area (Å²) >= 11 is 6.07. The van der Waals surface area contributed by atoms with Crippen molar-refractivity contribution in [3.05, 3.63) is 28.8 Å². The minimum Gasteiger partial charge on any atom is -0.497 e. The van der Waals surface area contributed by atoms with Crippen molar-refractivity contribution in [2.24, 2.45) is 0 Å². The van der Waals surface area contributed by atoms with E-state index in [2.05, 4.69) is 10.2 Å². The Morgan fingerprint density at radius 3 is 2.83 bits per heavy atom. The van der Waals surface area contributed by atoms with E-state index >= 15 is 0 Å². The van der Waals surface area contributed by atoms with E-state index < -0.39 is 5.97 Å². The Kier molecular flexibility index (Phi) is 3.12. The molecule has 0 aliphatic carbocycles. The number of nitrogens with one attached hydrogen (secondary N) is 1. The summed E-state index contributed by atoms with van der Waals surface area (Å²) in [5.74, 6) is -0.666. The SMILES string of the molecule is COc1ccc(-c2[nH]nc(N)c2C(=O)O)c(Cl)c1. The van der Waals surface area contributed by atoms with Gasteiger partial charge in [0, 0.05) is 5.56 Å². The molecule has 94 valence electrons. The van der Waals surface area contributed by atoms with Gasteiger partial charge < -0.3 is 15.6 Å². The molecule has 7 heteroatoms. The summed E-state index contributed by atoms with van der Waals surface area (Å²) in [6.07, 6.45) is 0. The van der Waals surface area contributed by atoms with Gasteiger partial charge in [-0.15, -0.1) is 0 Å². The number of hydrogen-bond donors (Lipinski definition) is 3. The topological polar surface area (TPSA) is 101 Å². The van der Waals surface area contributed by atoms with E-state index in [4.69, 9.17) is 27.2 Å². The molecule has 0 spiro atoms. The highest BCUT2D eigenvalue weighted by molar-refractivity contribution is 6.33. The van der Waals surface area contributed by atoms with Crippen LogP contribution in [0.5, 0.6) is 5.75 Å². The third-order valence-corrected chi connectivity index (χ3v) is 2.77. The molecule has 0 amide bonds. The molecule has 6 nitrogen and oxygen atoms in total. The van der Waals surface area contributed by atoms with Crippen molar-refractivity contribution in [1.82, 2.24) is 10.2 Å². The maximum Gasteiger partial charge on any atom is 0.341 e. The van der Waals surface area contributed by atoms with E-state index in [1.165, 1.54) is 7.11 Å². The Labute approximate surface area is 107 Å². The first kappa shape index (κ1) is 12.3. The standard InChI is InChI=1S/C11H10ClN3O3/c1-18-5-2-3-6(7(12)4-5)9-8(11(16)17)10(13)15-14-9/h2-4H,1H3,(H,16,17)(H3,13,14,15). The lowest BCUT2D eigenvalue weighted by Gasteiger charge is -2.05.